The Morgan fingerprint density at radius 2 is 1.47 bits per heavy atom. The smallest absolute Gasteiger partial charge is 0.222 e. The normalized spacial score (nSPS) is 15.8. The highest BCUT2D eigenvalue weighted by Crippen LogP contribution is 2.34. The van der Waals surface area contributed by atoms with Crippen LogP contribution >= 0.6 is 0 Å². The molecule has 5 heteroatoms. The second kappa shape index (κ2) is 10.00. The van der Waals surface area contributed by atoms with Crippen LogP contribution in [0.1, 0.15) is 61.0 Å². The Morgan fingerprint density at radius 1 is 0.853 bits per heavy atom. The van der Waals surface area contributed by atoms with E-state index in [0.29, 0.717) is 25.7 Å². The minimum absolute atomic E-state index is 0.197. The van der Waals surface area contributed by atoms with Gasteiger partial charge in [0.2, 0.25) is 5.91 Å². The van der Waals surface area contributed by atoms with Crippen LogP contribution < -0.4 is 0 Å². The van der Waals surface area contributed by atoms with E-state index in [2.05, 4.69) is 0 Å². The van der Waals surface area contributed by atoms with Crippen molar-refractivity contribution in [1.82, 2.24) is 4.90 Å². The minimum atomic E-state index is -0.632. The van der Waals surface area contributed by atoms with E-state index in [-0.39, 0.29) is 5.91 Å². The fourth-order valence-corrected chi connectivity index (χ4v) is 4.92. The van der Waals surface area contributed by atoms with Gasteiger partial charge in [-0.05, 0) is 66.6 Å². The van der Waals surface area contributed by atoms with Crippen molar-refractivity contribution in [3.8, 4) is 0 Å². The first-order valence-electron chi connectivity index (χ1n) is 12.2. The Labute approximate surface area is 199 Å². The third-order valence-electron chi connectivity index (χ3n) is 6.89. The highest BCUT2D eigenvalue weighted by atomic mass is 16.3. The molecule has 176 valence electrons. The molecule has 2 unspecified atom stereocenters. The number of rotatable bonds is 8. The molecule has 0 spiro atoms. The van der Waals surface area contributed by atoms with Gasteiger partial charge in [-0.15, -0.1) is 0 Å². The van der Waals surface area contributed by atoms with Crippen molar-refractivity contribution >= 4 is 27.8 Å². The molecule has 1 aromatic heterocycles. The molecular weight excluding hydrogens is 426 g/mol. The summed E-state index contributed by atoms with van der Waals surface area (Å²) in [5.74, 6) is 0.197. The minimum Gasteiger partial charge on any atom is -0.456 e. The summed E-state index contributed by atoms with van der Waals surface area (Å²) in [7, 11) is 0. The van der Waals surface area contributed by atoms with Gasteiger partial charge in [0.25, 0.3) is 0 Å². The van der Waals surface area contributed by atoms with Gasteiger partial charge >= 0.3 is 0 Å². The van der Waals surface area contributed by atoms with Crippen LogP contribution in [0.25, 0.3) is 21.9 Å². The quantitative estimate of drug-likeness (QED) is 0.357. The Morgan fingerprint density at radius 3 is 2.12 bits per heavy atom. The number of aliphatic hydroxyl groups is 2. The Balaban J connectivity index is 1.31. The first-order chi connectivity index (χ1) is 16.6. The maximum absolute atomic E-state index is 12.3. The van der Waals surface area contributed by atoms with Crippen LogP contribution in [-0.4, -0.2) is 34.1 Å². The molecule has 1 amide bonds. The number of carbonyl (C=O) groups is 1. The molecule has 0 aliphatic carbocycles. The third kappa shape index (κ3) is 4.86. The molecule has 5 nitrogen and oxygen atoms in total. The number of furan rings is 1. The van der Waals surface area contributed by atoms with Crippen LogP contribution in [0, 0.1) is 0 Å². The molecular formula is C29H31NO4. The van der Waals surface area contributed by atoms with Gasteiger partial charge in [-0.3, -0.25) is 4.79 Å². The summed E-state index contributed by atoms with van der Waals surface area (Å²) in [6.45, 7) is 1.74. The lowest BCUT2D eigenvalue weighted by Crippen LogP contribution is -2.27. The second-order valence-corrected chi connectivity index (χ2v) is 9.31. The molecule has 1 aliphatic rings. The molecule has 3 aromatic carbocycles. The number of hydrogen-bond acceptors (Lipinski definition) is 4. The highest BCUT2D eigenvalue weighted by Gasteiger charge is 2.19. The van der Waals surface area contributed by atoms with E-state index in [1.807, 2.05) is 71.6 Å². The van der Waals surface area contributed by atoms with E-state index >= 15 is 0 Å². The zero-order valence-corrected chi connectivity index (χ0v) is 19.3. The third-order valence-corrected chi connectivity index (χ3v) is 6.89. The van der Waals surface area contributed by atoms with Crippen molar-refractivity contribution in [1.29, 1.82) is 0 Å². The lowest BCUT2D eigenvalue weighted by molar-refractivity contribution is -0.130. The lowest BCUT2D eigenvalue weighted by Gasteiger charge is -2.16. The lowest BCUT2D eigenvalue weighted by atomic mass is 9.98. The molecule has 5 rings (SSSR count). The van der Waals surface area contributed by atoms with Gasteiger partial charge < -0.3 is 19.5 Å². The van der Waals surface area contributed by atoms with E-state index in [0.717, 1.165) is 64.6 Å². The number of amides is 1. The Bertz CT molecular complexity index is 1270. The summed E-state index contributed by atoms with van der Waals surface area (Å²) in [5.41, 5.74) is 4.25. The van der Waals surface area contributed by atoms with Crippen LogP contribution in [-0.2, 0) is 11.2 Å². The summed E-state index contributed by atoms with van der Waals surface area (Å²) >= 11 is 0. The first kappa shape index (κ1) is 22.6. The topological polar surface area (TPSA) is 73.9 Å². The van der Waals surface area contributed by atoms with Crippen LogP contribution in [0.2, 0.25) is 0 Å². The summed E-state index contributed by atoms with van der Waals surface area (Å²) < 4.78 is 6.00. The second-order valence-electron chi connectivity index (χ2n) is 9.31. The number of carbonyl (C=O) groups excluding carboxylic acids is 1. The molecule has 34 heavy (non-hydrogen) atoms. The monoisotopic (exact) mass is 457 g/mol. The number of aliphatic hydroxyl groups excluding tert-OH is 2. The standard InChI is InChI=1S/C29H31NO4/c31-25(9-6-10-29(33)30-15-4-5-16-30)21-11-13-27-23(18-21)24-19-22(12-14-28(24)34-27)26(32)17-20-7-2-1-3-8-20/h1-3,7-8,11-14,18-19,25-26,31-32H,4-6,9-10,15-17H2. The van der Waals surface area contributed by atoms with Crippen molar-refractivity contribution in [2.75, 3.05) is 13.1 Å². The van der Waals surface area contributed by atoms with Crippen molar-refractivity contribution in [2.45, 2.75) is 50.7 Å². The van der Waals surface area contributed by atoms with Gasteiger partial charge in [0, 0.05) is 36.7 Å². The Kier molecular flexibility index (Phi) is 6.66. The van der Waals surface area contributed by atoms with Crippen LogP contribution in [0.4, 0.5) is 0 Å². The maximum atomic E-state index is 12.3. The number of likely N-dealkylation sites (tertiary alicyclic amines) is 1. The van der Waals surface area contributed by atoms with Gasteiger partial charge in [0.1, 0.15) is 11.2 Å². The van der Waals surface area contributed by atoms with Gasteiger partial charge in [-0.25, -0.2) is 0 Å². The molecule has 2 N–H and O–H groups in total. The van der Waals surface area contributed by atoms with Gasteiger partial charge in [0.15, 0.2) is 0 Å². The van der Waals surface area contributed by atoms with E-state index in [1.165, 1.54) is 0 Å². The van der Waals surface area contributed by atoms with E-state index < -0.39 is 12.2 Å². The summed E-state index contributed by atoms with van der Waals surface area (Å²) in [5, 5.41) is 23.4. The fraction of sp³-hybridized carbons (Fsp3) is 0.345. The van der Waals surface area contributed by atoms with Crippen LogP contribution in [0.5, 0.6) is 0 Å². The van der Waals surface area contributed by atoms with Crippen LogP contribution in [0.3, 0.4) is 0 Å². The zero-order chi connectivity index (χ0) is 23.5. The summed E-state index contributed by atoms with van der Waals surface area (Å²) in [6, 6.07) is 21.5. The number of fused-ring (bicyclic) bond motifs is 3. The zero-order valence-electron chi connectivity index (χ0n) is 19.3. The maximum Gasteiger partial charge on any atom is 0.222 e. The van der Waals surface area contributed by atoms with Gasteiger partial charge in [0.05, 0.1) is 12.2 Å². The van der Waals surface area contributed by atoms with E-state index in [4.69, 9.17) is 4.42 Å². The molecule has 0 saturated carbocycles. The number of nitrogens with zero attached hydrogens (tertiary/aromatic N) is 1. The summed E-state index contributed by atoms with van der Waals surface area (Å²) in [4.78, 5) is 14.2. The molecule has 1 aliphatic heterocycles. The predicted octanol–water partition coefficient (Wildman–Crippen LogP) is 5.69. The Hall–Kier alpha value is -3.15. The fourth-order valence-electron chi connectivity index (χ4n) is 4.92. The number of benzene rings is 3. The summed E-state index contributed by atoms with van der Waals surface area (Å²) in [6.07, 6.45) is 3.18. The highest BCUT2D eigenvalue weighted by molar-refractivity contribution is 6.05. The van der Waals surface area contributed by atoms with Crippen molar-refractivity contribution < 1.29 is 19.4 Å². The molecule has 1 fully saturated rings. The van der Waals surface area contributed by atoms with Gasteiger partial charge in [-0.2, -0.15) is 0 Å². The molecule has 2 atom stereocenters. The molecule has 0 radical (unpaired) electrons. The molecule has 2 heterocycles. The number of hydrogen-bond donors (Lipinski definition) is 2. The van der Waals surface area contributed by atoms with Crippen molar-refractivity contribution in [2.24, 2.45) is 0 Å². The molecule has 0 bridgehead atoms. The largest absolute Gasteiger partial charge is 0.456 e. The van der Waals surface area contributed by atoms with Gasteiger partial charge in [-0.1, -0.05) is 42.5 Å². The first-order valence-corrected chi connectivity index (χ1v) is 12.2. The molecule has 1 saturated heterocycles. The average molecular weight is 458 g/mol. The van der Waals surface area contributed by atoms with E-state index in [1.54, 1.807) is 0 Å². The average Bonchev–Trinajstić information content (AvgIpc) is 3.52. The SMILES string of the molecule is O=C(CCCC(O)c1ccc2oc3ccc(C(O)Cc4ccccc4)cc3c2c1)N1CCCC1. The van der Waals surface area contributed by atoms with Crippen molar-refractivity contribution in [3.05, 3.63) is 83.4 Å². The van der Waals surface area contributed by atoms with Crippen molar-refractivity contribution in [3.63, 3.8) is 0 Å². The molecule has 4 aromatic rings. The van der Waals surface area contributed by atoms with Crippen LogP contribution in [0.15, 0.2) is 71.1 Å². The van der Waals surface area contributed by atoms with E-state index in [9.17, 15) is 15.0 Å². The predicted molar refractivity (Wildman–Crippen MR) is 133 cm³/mol.